The van der Waals surface area contributed by atoms with Gasteiger partial charge in [-0.25, -0.2) is 13.2 Å². The number of carbonyl (C=O) groups is 2. The van der Waals surface area contributed by atoms with Gasteiger partial charge in [0.15, 0.2) is 9.84 Å². The number of esters is 1. The highest BCUT2D eigenvalue weighted by atomic mass is 32.2. The molecule has 0 aliphatic heterocycles. The summed E-state index contributed by atoms with van der Waals surface area (Å²) in [7, 11) is -2.39. The molecule has 3 aromatic carbocycles. The average molecular weight is 411 g/mol. The zero-order valence-electron chi connectivity index (χ0n) is 15.9. The molecule has 0 aromatic heterocycles. The summed E-state index contributed by atoms with van der Waals surface area (Å²) in [5.41, 5.74) is 0.378. The summed E-state index contributed by atoms with van der Waals surface area (Å²) in [6.45, 7) is 0. The van der Waals surface area contributed by atoms with Crippen molar-refractivity contribution in [2.75, 3.05) is 12.9 Å². The van der Waals surface area contributed by atoms with Gasteiger partial charge in [0.25, 0.3) is 5.91 Å². The van der Waals surface area contributed by atoms with Crippen LogP contribution in [0.3, 0.4) is 0 Å². The lowest BCUT2D eigenvalue weighted by molar-refractivity contribution is -0.142. The minimum Gasteiger partial charge on any atom is -0.467 e. The third kappa shape index (κ3) is 5.00. The zero-order chi connectivity index (χ0) is 20.9. The molecule has 0 unspecified atom stereocenters. The van der Waals surface area contributed by atoms with E-state index in [2.05, 4.69) is 5.32 Å². The second kappa shape index (κ2) is 8.87. The Morgan fingerprint density at radius 1 is 0.931 bits per heavy atom. The van der Waals surface area contributed by atoms with Crippen molar-refractivity contribution in [2.45, 2.75) is 17.4 Å². The van der Waals surface area contributed by atoms with Crippen molar-refractivity contribution in [3.05, 3.63) is 78.4 Å². The van der Waals surface area contributed by atoms with E-state index in [1.165, 1.54) is 19.2 Å². The molecule has 0 saturated carbocycles. The van der Waals surface area contributed by atoms with Crippen LogP contribution in [0.15, 0.2) is 77.7 Å². The lowest BCUT2D eigenvalue weighted by Gasteiger charge is -2.17. The topological polar surface area (TPSA) is 89.5 Å². The lowest BCUT2D eigenvalue weighted by Crippen LogP contribution is -2.42. The molecule has 1 atom stereocenters. The van der Waals surface area contributed by atoms with Crippen molar-refractivity contribution in [1.29, 1.82) is 0 Å². The Balaban J connectivity index is 1.74. The monoisotopic (exact) mass is 411 g/mol. The number of hydrogen-bond acceptors (Lipinski definition) is 5. The Bertz CT molecular complexity index is 1130. The fourth-order valence-corrected chi connectivity index (χ4v) is 4.34. The van der Waals surface area contributed by atoms with Gasteiger partial charge in [-0.3, -0.25) is 4.79 Å². The first-order chi connectivity index (χ1) is 13.9. The van der Waals surface area contributed by atoms with E-state index in [9.17, 15) is 18.0 Å². The van der Waals surface area contributed by atoms with Crippen LogP contribution in [0.4, 0.5) is 0 Å². The Labute approximate surface area is 169 Å². The number of amides is 1. The molecular weight excluding hydrogens is 390 g/mol. The van der Waals surface area contributed by atoms with Crippen LogP contribution in [0.5, 0.6) is 0 Å². The van der Waals surface area contributed by atoms with Crippen molar-refractivity contribution >= 4 is 32.5 Å². The molecular formula is C22H21NO5S. The molecule has 6 nitrogen and oxygen atoms in total. The van der Waals surface area contributed by atoms with E-state index in [4.69, 9.17) is 4.74 Å². The molecule has 29 heavy (non-hydrogen) atoms. The number of carbonyl (C=O) groups excluding carboxylic acids is 2. The number of sulfone groups is 1. The second-order valence-corrected chi connectivity index (χ2v) is 8.64. The van der Waals surface area contributed by atoms with E-state index in [0.29, 0.717) is 5.56 Å². The van der Waals surface area contributed by atoms with Crippen molar-refractivity contribution in [1.82, 2.24) is 5.32 Å². The molecule has 1 N–H and O–H groups in total. The average Bonchev–Trinajstić information content (AvgIpc) is 2.76. The van der Waals surface area contributed by atoms with Crippen molar-refractivity contribution in [3.63, 3.8) is 0 Å². The highest BCUT2D eigenvalue weighted by molar-refractivity contribution is 7.91. The summed E-state index contributed by atoms with van der Waals surface area (Å²) in [5, 5.41) is 4.47. The predicted molar refractivity (Wildman–Crippen MR) is 110 cm³/mol. The second-order valence-electron chi connectivity index (χ2n) is 6.53. The molecule has 0 radical (unpaired) electrons. The lowest BCUT2D eigenvalue weighted by atomic mass is 10.1. The maximum Gasteiger partial charge on any atom is 0.328 e. The Hall–Kier alpha value is -3.19. The fraction of sp³-hybridized carbons (Fsp3) is 0.182. The number of nitrogens with one attached hydrogen (secondary N) is 1. The molecule has 0 spiro atoms. The van der Waals surface area contributed by atoms with Crippen LogP contribution < -0.4 is 5.32 Å². The van der Waals surface area contributed by atoms with E-state index in [1.807, 2.05) is 30.3 Å². The fourth-order valence-electron chi connectivity index (χ4n) is 2.98. The summed E-state index contributed by atoms with van der Waals surface area (Å²) in [5.74, 6) is -1.46. The molecule has 0 fully saturated rings. The van der Waals surface area contributed by atoms with Gasteiger partial charge in [-0.05, 0) is 41.5 Å². The minimum atomic E-state index is -3.59. The molecule has 150 valence electrons. The normalized spacial score (nSPS) is 12.3. The van der Waals surface area contributed by atoms with Gasteiger partial charge in [-0.2, -0.15) is 0 Å². The molecule has 7 heteroatoms. The Kier molecular flexibility index (Phi) is 6.29. The predicted octanol–water partition coefficient (Wildman–Crippen LogP) is 2.98. The molecule has 1 amide bonds. The maximum absolute atomic E-state index is 12.6. The van der Waals surface area contributed by atoms with E-state index in [0.717, 1.165) is 10.8 Å². The summed E-state index contributed by atoms with van der Waals surface area (Å²) in [6.07, 6.45) is -0.0940. The first-order valence-corrected chi connectivity index (χ1v) is 10.7. The summed E-state index contributed by atoms with van der Waals surface area (Å²) < 4.78 is 29.7. The summed E-state index contributed by atoms with van der Waals surface area (Å²) in [4.78, 5) is 24.9. The minimum absolute atomic E-state index is 0.0940. The highest BCUT2D eigenvalue weighted by Gasteiger charge is 2.25. The van der Waals surface area contributed by atoms with Gasteiger partial charge in [0.05, 0.1) is 17.8 Å². The van der Waals surface area contributed by atoms with Gasteiger partial charge in [0.2, 0.25) is 0 Å². The van der Waals surface area contributed by atoms with Gasteiger partial charge in [-0.15, -0.1) is 0 Å². The zero-order valence-corrected chi connectivity index (χ0v) is 16.7. The van der Waals surface area contributed by atoms with Crippen LogP contribution in [0.1, 0.15) is 16.8 Å². The number of fused-ring (bicyclic) bond motifs is 1. The molecule has 0 saturated heterocycles. The van der Waals surface area contributed by atoms with Crippen LogP contribution in [0.25, 0.3) is 10.8 Å². The van der Waals surface area contributed by atoms with Gasteiger partial charge >= 0.3 is 5.97 Å². The van der Waals surface area contributed by atoms with Crippen molar-refractivity contribution < 1.29 is 22.7 Å². The third-order valence-electron chi connectivity index (χ3n) is 4.58. The van der Waals surface area contributed by atoms with Crippen molar-refractivity contribution in [3.8, 4) is 0 Å². The third-order valence-corrected chi connectivity index (χ3v) is 6.34. The Morgan fingerprint density at radius 2 is 1.59 bits per heavy atom. The highest BCUT2D eigenvalue weighted by Crippen LogP contribution is 2.16. The molecule has 0 bridgehead atoms. The quantitative estimate of drug-likeness (QED) is 0.604. The van der Waals surface area contributed by atoms with Gasteiger partial charge in [0.1, 0.15) is 6.04 Å². The van der Waals surface area contributed by atoms with E-state index in [-0.39, 0.29) is 17.1 Å². The first-order valence-electron chi connectivity index (χ1n) is 9.06. The smallest absolute Gasteiger partial charge is 0.328 e. The molecule has 3 rings (SSSR count). The molecule has 0 heterocycles. The van der Waals surface area contributed by atoms with Gasteiger partial charge in [0, 0.05) is 5.56 Å². The van der Waals surface area contributed by atoms with Crippen LogP contribution in [0.2, 0.25) is 0 Å². The number of rotatable bonds is 7. The number of ether oxygens (including phenoxy) is 1. The SMILES string of the molecule is COC(=O)[C@H](CCS(=O)(=O)c1ccccc1)NC(=O)c1ccc2ccccc2c1. The molecule has 0 aliphatic carbocycles. The van der Waals surface area contributed by atoms with Crippen LogP contribution >= 0.6 is 0 Å². The van der Waals surface area contributed by atoms with Crippen molar-refractivity contribution in [2.24, 2.45) is 0 Å². The Morgan fingerprint density at radius 3 is 2.28 bits per heavy atom. The number of hydrogen-bond donors (Lipinski definition) is 1. The van der Waals surface area contributed by atoms with Crippen LogP contribution in [-0.4, -0.2) is 39.2 Å². The van der Waals surface area contributed by atoms with Crippen LogP contribution in [0, 0.1) is 0 Å². The van der Waals surface area contributed by atoms with E-state index >= 15 is 0 Å². The molecule has 0 aliphatic rings. The maximum atomic E-state index is 12.6. The first kappa shape index (κ1) is 20.5. The number of benzene rings is 3. The summed E-state index contributed by atoms with van der Waals surface area (Å²) >= 11 is 0. The molecule has 3 aromatic rings. The van der Waals surface area contributed by atoms with E-state index in [1.54, 1.807) is 30.3 Å². The van der Waals surface area contributed by atoms with E-state index < -0.39 is 27.8 Å². The van der Waals surface area contributed by atoms with Gasteiger partial charge in [-0.1, -0.05) is 48.5 Å². The summed E-state index contributed by atoms with van der Waals surface area (Å²) in [6, 6.07) is 19.7. The van der Waals surface area contributed by atoms with Gasteiger partial charge < -0.3 is 10.1 Å². The standard InChI is InChI=1S/C22H21NO5S/c1-28-22(25)20(13-14-29(26,27)19-9-3-2-4-10-19)23-21(24)18-12-11-16-7-5-6-8-17(16)15-18/h2-12,15,20H,13-14H2,1H3,(H,23,24)/t20-/m0/s1. The van der Waals surface area contributed by atoms with Crippen LogP contribution in [-0.2, 0) is 19.4 Å². The number of methoxy groups -OCH3 is 1. The largest absolute Gasteiger partial charge is 0.467 e.